The molecule has 1 amide bonds. The molecule has 0 unspecified atom stereocenters. The van der Waals surface area contributed by atoms with E-state index in [1.807, 2.05) is 39.0 Å². The van der Waals surface area contributed by atoms with Crippen LogP contribution in [0.25, 0.3) is 0 Å². The average molecular weight is 300 g/mol. The largest absolute Gasteiger partial charge is 0.493 e. The van der Waals surface area contributed by atoms with Crippen molar-refractivity contribution in [3.63, 3.8) is 0 Å². The molecule has 3 nitrogen and oxygen atoms in total. The summed E-state index contributed by atoms with van der Waals surface area (Å²) < 4.78 is 6.59. The molecule has 1 aromatic carbocycles. The zero-order chi connectivity index (χ0) is 12.8. The van der Waals surface area contributed by atoms with Gasteiger partial charge >= 0.3 is 0 Å². The van der Waals surface area contributed by atoms with Gasteiger partial charge in [0.15, 0.2) is 0 Å². The highest BCUT2D eigenvalue weighted by Gasteiger charge is 2.04. The molecule has 17 heavy (non-hydrogen) atoms. The molecule has 1 N–H and O–H groups in total. The summed E-state index contributed by atoms with van der Waals surface area (Å²) in [5.41, 5.74) is 1.06. The predicted molar refractivity (Wildman–Crippen MR) is 72.3 cm³/mol. The van der Waals surface area contributed by atoms with E-state index in [-0.39, 0.29) is 11.9 Å². The molecule has 4 heteroatoms. The van der Waals surface area contributed by atoms with E-state index in [4.69, 9.17) is 4.74 Å². The van der Waals surface area contributed by atoms with Crippen molar-refractivity contribution in [2.75, 3.05) is 6.61 Å². The van der Waals surface area contributed by atoms with E-state index < -0.39 is 0 Å². The third-order valence-electron chi connectivity index (χ3n) is 2.17. The van der Waals surface area contributed by atoms with Gasteiger partial charge in [-0.1, -0.05) is 15.9 Å². The zero-order valence-corrected chi connectivity index (χ0v) is 12.0. The molecule has 0 spiro atoms. The van der Waals surface area contributed by atoms with Crippen LogP contribution in [0.4, 0.5) is 0 Å². The fourth-order valence-corrected chi connectivity index (χ4v) is 1.90. The number of halogens is 1. The highest BCUT2D eigenvalue weighted by molar-refractivity contribution is 9.10. The Morgan fingerprint density at radius 2 is 2.18 bits per heavy atom. The first-order valence-corrected chi connectivity index (χ1v) is 6.46. The van der Waals surface area contributed by atoms with Gasteiger partial charge in [-0.3, -0.25) is 4.79 Å². The Morgan fingerprint density at radius 3 is 2.76 bits per heavy atom. The number of carbonyl (C=O) groups is 1. The van der Waals surface area contributed by atoms with Crippen molar-refractivity contribution in [1.29, 1.82) is 0 Å². The van der Waals surface area contributed by atoms with Gasteiger partial charge < -0.3 is 10.1 Å². The van der Waals surface area contributed by atoms with Gasteiger partial charge in [-0.2, -0.15) is 0 Å². The highest BCUT2D eigenvalue weighted by atomic mass is 79.9. The molecule has 0 aliphatic carbocycles. The van der Waals surface area contributed by atoms with Crippen molar-refractivity contribution in [3.05, 3.63) is 28.2 Å². The number of benzene rings is 1. The first-order valence-electron chi connectivity index (χ1n) is 5.67. The molecule has 0 bridgehead atoms. The Balaban J connectivity index is 2.38. The SMILES string of the molecule is Cc1cc(Br)ccc1OCCC(=O)NC(C)C. The summed E-state index contributed by atoms with van der Waals surface area (Å²) in [6, 6.07) is 6.00. The Labute approximate surface area is 111 Å². The molecule has 0 saturated heterocycles. The van der Waals surface area contributed by atoms with Gasteiger partial charge in [-0.05, 0) is 44.5 Å². The van der Waals surface area contributed by atoms with Crippen molar-refractivity contribution in [2.24, 2.45) is 0 Å². The highest BCUT2D eigenvalue weighted by Crippen LogP contribution is 2.22. The number of carbonyl (C=O) groups excluding carboxylic acids is 1. The first-order chi connectivity index (χ1) is 7.99. The maximum atomic E-state index is 11.4. The van der Waals surface area contributed by atoms with E-state index in [2.05, 4.69) is 21.2 Å². The summed E-state index contributed by atoms with van der Waals surface area (Å²) in [4.78, 5) is 11.4. The maximum Gasteiger partial charge on any atom is 0.223 e. The minimum Gasteiger partial charge on any atom is -0.493 e. The number of ether oxygens (including phenoxy) is 1. The lowest BCUT2D eigenvalue weighted by Crippen LogP contribution is -2.31. The van der Waals surface area contributed by atoms with E-state index in [0.717, 1.165) is 15.8 Å². The van der Waals surface area contributed by atoms with Crippen molar-refractivity contribution in [1.82, 2.24) is 5.32 Å². The van der Waals surface area contributed by atoms with Gasteiger partial charge in [0, 0.05) is 10.5 Å². The number of aryl methyl sites for hydroxylation is 1. The van der Waals surface area contributed by atoms with E-state index in [9.17, 15) is 4.79 Å². The summed E-state index contributed by atoms with van der Waals surface area (Å²) >= 11 is 3.40. The van der Waals surface area contributed by atoms with Crippen LogP contribution in [-0.4, -0.2) is 18.6 Å². The topological polar surface area (TPSA) is 38.3 Å². The van der Waals surface area contributed by atoms with Gasteiger partial charge in [-0.15, -0.1) is 0 Å². The van der Waals surface area contributed by atoms with Crippen molar-refractivity contribution < 1.29 is 9.53 Å². The molecule has 94 valence electrons. The standard InChI is InChI=1S/C13H18BrNO2/c1-9(2)15-13(16)6-7-17-12-5-4-11(14)8-10(12)3/h4-5,8-9H,6-7H2,1-3H3,(H,15,16). The Hall–Kier alpha value is -1.03. The summed E-state index contributed by atoms with van der Waals surface area (Å²) in [6.07, 6.45) is 0.383. The molecule has 0 saturated carbocycles. The van der Waals surface area contributed by atoms with E-state index >= 15 is 0 Å². The lowest BCUT2D eigenvalue weighted by Gasteiger charge is -2.11. The lowest BCUT2D eigenvalue weighted by atomic mass is 10.2. The predicted octanol–water partition coefficient (Wildman–Crippen LogP) is 3.05. The van der Waals surface area contributed by atoms with Crippen LogP contribution in [0.2, 0.25) is 0 Å². The molecule has 0 heterocycles. The van der Waals surface area contributed by atoms with E-state index in [1.165, 1.54) is 0 Å². The smallest absolute Gasteiger partial charge is 0.223 e. The molecule has 0 atom stereocenters. The summed E-state index contributed by atoms with van der Waals surface area (Å²) in [5, 5.41) is 2.83. The minimum atomic E-state index is 0.0229. The van der Waals surface area contributed by atoms with Crippen molar-refractivity contribution in [2.45, 2.75) is 33.2 Å². The molecule has 0 aliphatic heterocycles. The van der Waals surface area contributed by atoms with Crippen LogP contribution in [0.1, 0.15) is 25.8 Å². The molecule has 0 aliphatic rings. The van der Waals surface area contributed by atoms with Crippen molar-refractivity contribution in [3.8, 4) is 5.75 Å². The normalized spacial score (nSPS) is 10.4. The Morgan fingerprint density at radius 1 is 1.47 bits per heavy atom. The molecular weight excluding hydrogens is 282 g/mol. The molecular formula is C13H18BrNO2. The number of hydrogen-bond acceptors (Lipinski definition) is 2. The second-order valence-corrected chi connectivity index (χ2v) is 5.15. The zero-order valence-electron chi connectivity index (χ0n) is 10.4. The molecule has 1 rings (SSSR count). The van der Waals surface area contributed by atoms with Gasteiger partial charge in [0.1, 0.15) is 5.75 Å². The summed E-state index contributed by atoms with van der Waals surface area (Å²) in [6.45, 7) is 6.27. The van der Waals surface area contributed by atoms with Gasteiger partial charge in [0.25, 0.3) is 0 Å². The van der Waals surface area contributed by atoms with Crippen LogP contribution in [0.15, 0.2) is 22.7 Å². The molecule has 0 fully saturated rings. The first kappa shape index (κ1) is 14.0. The molecule has 0 aromatic heterocycles. The average Bonchev–Trinajstić information content (AvgIpc) is 2.20. The fraction of sp³-hybridized carbons (Fsp3) is 0.462. The fourth-order valence-electron chi connectivity index (χ4n) is 1.42. The second kappa shape index (κ2) is 6.64. The second-order valence-electron chi connectivity index (χ2n) is 4.23. The Kier molecular flexibility index (Phi) is 5.48. The third kappa shape index (κ3) is 5.22. The molecule has 1 aromatic rings. The maximum absolute atomic E-state index is 11.4. The monoisotopic (exact) mass is 299 g/mol. The van der Waals surface area contributed by atoms with Gasteiger partial charge in [0.2, 0.25) is 5.91 Å². The number of amides is 1. The third-order valence-corrected chi connectivity index (χ3v) is 2.67. The Bertz CT molecular complexity index is 391. The molecule has 0 radical (unpaired) electrons. The van der Waals surface area contributed by atoms with Crippen LogP contribution < -0.4 is 10.1 Å². The van der Waals surface area contributed by atoms with Crippen LogP contribution in [0.3, 0.4) is 0 Å². The van der Waals surface area contributed by atoms with Crippen LogP contribution >= 0.6 is 15.9 Å². The van der Waals surface area contributed by atoms with Gasteiger partial charge in [0.05, 0.1) is 13.0 Å². The minimum absolute atomic E-state index is 0.0229. The van der Waals surface area contributed by atoms with E-state index in [0.29, 0.717) is 13.0 Å². The van der Waals surface area contributed by atoms with Crippen LogP contribution in [0.5, 0.6) is 5.75 Å². The van der Waals surface area contributed by atoms with E-state index in [1.54, 1.807) is 0 Å². The van der Waals surface area contributed by atoms with Crippen LogP contribution in [-0.2, 0) is 4.79 Å². The number of rotatable bonds is 5. The summed E-state index contributed by atoms with van der Waals surface area (Å²) in [7, 11) is 0. The lowest BCUT2D eigenvalue weighted by molar-refractivity contribution is -0.122. The number of nitrogens with one attached hydrogen (secondary N) is 1. The van der Waals surface area contributed by atoms with Crippen LogP contribution in [0, 0.1) is 6.92 Å². The summed E-state index contributed by atoms with van der Waals surface area (Å²) in [5.74, 6) is 0.848. The van der Waals surface area contributed by atoms with Gasteiger partial charge in [-0.25, -0.2) is 0 Å². The number of hydrogen-bond donors (Lipinski definition) is 1. The van der Waals surface area contributed by atoms with Crippen molar-refractivity contribution >= 4 is 21.8 Å². The quantitative estimate of drug-likeness (QED) is 0.907.